The number of anilines is 1. The summed E-state index contributed by atoms with van der Waals surface area (Å²) >= 11 is 6.73. The zero-order valence-electron chi connectivity index (χ0n) is 14.7. The molecule has 1 N–H and O–H groups in total. The van der Waals surface area contributed by atoms with E-state index in [1.165, 1.54) is 0 Å². The number of halogens is 1. The molecule has 2 heterocycles. The van der Waals surface area contributed by atoms with Crippen molar-refractivity contribution >= 4 is 52.2 Å². The summed E-state index contributed by atoms with van der Waals surface area (Å²) in [6, 6.07) is 10.5. The van der Waals surface area contributed by atoms with Gasteiger partial charge in [-0.1, -0.05) is 23.7 Å². The summed E-state index contributed by atoms with van der Waals surface area (Å²) in [5, 5.41) is 2.67. The molecule has 0 aliphatic carbocycles. The first-order chi connectivity index (χ1) is 12.8. The second-order valence-electron chi connectivity index (χ2n) is 5.98. The van der Waals surface area contributed by atoms with Crippen molar-refractivity contribution in [2.75, 3.05) is 11.9 Å². The summed E-state index contributed by atoms with van der Waals surface area (Å²) in [6.45, 7) is 3.30. The van der Waals surface area contributed by atoms with E-state index in [2.05, 4.69) is 10.3 Å². The smallest absolute Gasteiger partial charge is 0.294 e. The minimum absolute atomic E-state index is 0.241. The molecule has 6 nitrogen and oxygen atoms in total. The second-order valence-corrected chi connectivity index (χ2v) is 7.41. The number of thioether (sulfide) groups is 1. The molecule has 0 unspecified atom stereocenters. The maximum Gasteiger partial charge on any atom is 0.294 e. The Balaban J connectivity index is 1.72. The quantitative estimate of drug-likeness (QED) is 0.782. The minimum atomic E-state index is -0.508. The molecule has 0 atom stereocenters. The number of hydrogen-bond acceptors (Lipinski definition) is 5. The highest BCUT2D eigenvalue weighted by molar-refractivity contribution is 8.18. The lowest BCUT2D eigenvalue weighted by molar-refractivity contribution is -0.127. The highest BCUT2D eigenvalue weighted by Gasteiger charge is 2.36. The largest absolute Gasteiger partial charge is 0.324 e. The summed E-state index contributed by atoms with van der Waals surface area (Å²) in [6.07, 6.45) is 1.55. The maximum atomic E-state index is 12.5. The molecule has 1 saturated heterocycles. The van der Waals surface area contributed by atoms with E-state index in [-0.39, 0.29) is 11.4 Å². The monoisotopic (exact) mass is 401 g/mol. The predicted molar refractivity (Wildman–Crippen MR) is 106 cm³/mol. The summed E-state index contributed by atoms with van der Waals surface area (Å²) in [4.78, 5) is 42.4. The zero-order chi connectivity index (χ0) is 19.6. The number of amides is 3. The Labute approximate surface area is 165 Å². The molecule has 138 valence electrons. The average Bonchev–Trinajstić information content (AvgIpc) is 2.86. The third kappa shape index (κ3) is 4.56. The van der Waals surface area contributed by atoms with E-state index >= 15 is 0 Å². The van der Waals surface area contributed by atoms with E-state index in [4.69, 9.17) is 11.6 Å². The molecule has 0 saturated carbocycles. The molecule has 0 bridgehead atoms. The van der Waals surface area contributed by atoms with Gasteiger partial charge in [-0.3, -0.25) is 24.3 Å². The number of nitrogens with zero attached hydrogens (tertiary/aromatic N) is 2. The number of hydrogen-bond donors (Lipinski definition) is 1. The van der Waals surface area contributed by atoms with Gasteiger partial charge >= 0.3 is 0 Å². The molecule has 3 amide bonds. The topological polar surface area (TPSA) is 79.4 Å². The van der Waals surface area contributed by atoms with Crippen molar-refractivity contribution in [2.24, 2.45) is 0 Å². The lowest BCUT2D eigenvalue weighted by atomic mass is 10.2. The van der Waals surface area contributed by atoms with Gasteiger partial charge in [0.1, 0.15) is 6.54 Å². The molecule has 2 aromatic rings. The first kappa shape index (κ1) is 19.1. The van der Waals surface area contributed by atoms with Crippen molar-refractivity contribution in [3.63, 3.8) is 0 Å². The second kappa shape index (κ2) is 7.94. The van der Waals surface area contributed by atoms with Gasteiger partial charge in [0.2, 0.25) is 5.91 Å². The van der Waals surface area contributed by atoms with E-state index in [1.807, 2.05) is 26.0 Å². The van der Waals surface area contributed by atoms with Gasteiger partial charge < -0.3 is 5.32 Å². The van der Waals surface area contributed by atoms with Crippen molar-refractivity contribution in [1.82, 2.24) is 9.88 Å². The molecule has 3 rings (SSSR count). The van der Waals surface area contributed by atoms with Gasteiger partial charge in [-0.05, 0) is 61.5 Å². The van der Waals surface area contributed by atoms with Gasteiger partial charge in [-0.2, -0.15) is 0 Å². The van der Waals surface area contributed by atoms with Crippen LogP contribution < -0.4 is 5.32 Å². The third-order valence-corrected chi connectivity index (χ3v) is 4.98. The normalized spacial score (nSPS) is 15.5. The molecule has 1 aliphatic rings. The molecule has 8 heteroatoms. The Kier molecular flexibility index (Phi) is 5.62. The van der Waals surface area contributed by atoms with Gasteiger partial charge in [0.05, 0.1) is 10.6 Å². The number of carbonyl (C=O) groups excluding carboxylic acids is 3. The van der Waals surface area contributed by atoms with Crippen molar-refractivity contribution in [3.05, 3.63) is 63.3 Å². The van der Waals surface area contributed by atoms with Crippen LogP contribution in [0.5, 0.6) is 0 Å². The number of benzene rings is 1. The lowest BCUT2D eigenvalue weighted by Gasteiger charge is -2.13. The van der Waals surface area contributed by atoms with Crippen molar-refractivity contribution in [1.29, 1.82) is 0 Å². The van der Waals surface area contributed by atoms with Gasteiger partial charge in [-0.25, -0.2) is 0 Å². The summed E-state index contributed by atoms with van der Waals surface area (Å²) in [5.74, 6) is -0.983. The maximum absolute atomic E-state index is 12.5. The summed E-state index contributed by atoms with van der Waals surface area (Å²) < 4.78 is 0. The van der Waals surface area contributed by atoms with E-state index in [0.717, 1.165) is 27.9 Å². The molecule has 1 aromatic carbocycles. The first-order valence-corrected chi connectivity index (χ1v) is 9.28. The third-order valence-electron chi connectivity index (χ3n) is 3.84. The average molecular weight is 402 g/mol. The number of aryl methyl sites for hydroxylation is 2. The number of imide groups is 1. The Bertz CT molecular complexity index is 974. The van der Waals surface area contributed by atoms with E-state index < -0.39 is 17.1 Å². The van der Waals surface area contributed by atoms with E-state index in [9.17, 15) is 14.4 Å². The molecule has 1 fully saturated rings. The number of aromatic nitrogens is 1. The van der Waals surface area contributed by atoms with Crippen molar-refractivity contribution < 1.29 is 14.4 Å². The standard InChI is InChI=1S/C19H16ClN3O3S/c1-11-6-7-13(20)8-15(11)22-17(24)10-23-18(25)16(27-19(23)26)9-14-5-3-4-12(2)21-14/h3-9H,10H2,1-2H3,(H,22,24)/b16-9+. The van der Waals surface area contributed by atoms with Crippen molar-refractivity contribution in [2.45, 2.75) is 13.8 Å². The SMILES string of the molecule is Cc1cccc(/C=C2/SC(=O)N(CC(=O)Nc3cc(Cl)ccc3C)C2=O)n1. The van der Waals surface area contributed by atoms with Gasteiger partial charge in [0.25, 0.3) is 11.1 Å². The fourth-order valence-electron chi connectivity index (χ4n) is 2.48. The van der Waals surface area contributed by atoms with Gasteiger partial charge in [0.15, 0.2) is 0 Å². The first-order valence-electron chi connectivity index (χ1n) is 8.08. The highest BCUT2D eigenvalue weighted by Crippen LogP contribution is 2.32. The number of carbonyl (C=O) groups is 3. The van der Waals surface area contributed by atoms with Crippen LogP contribution in [0.2, 0.25) is 5.02 Å². The van der Waals surface area contributed by atoms with Gasteiger partial charge in [-0.15, -0.1) is 0 Å². The molecular weight excluding hydrogens is 386 g/mol. The molecule has 0 radical (unpaired) electrons. The van der Waals surface area contributed by atoms with E-state index in [0.29, 0.717) is 16.4 Å². The van der Waals surface area contributed by atoms with Crippen LogP contribution in [-0.4, -0.2) is 33.5 Å². The van der Waals surface area contributed by atoms with Crippen LogP contribution in [0.3, 0.4) is 0 Å². The van der Waals surface area contributed by atoms with E-state index in [1.54, 1.807) is 30.3 Å². The molecule has 27 heavy (non-hydrogen) atoms. The van der Waals surface area contributed by atoms with Crippen LogP contribution in [0.25, 0.3) is 6.08 Å². The summed E-state index contributed by atoms with van der Waals surface area (Å²) in [7, 11) is 0. The Morgan fingerprint density at radius 2 is 2.04 bits per heavy atom. The number of pyridine rings is 1. The lowest BCUT2D eigenvalue weighted by Crippen LogP contribution is -2.36. The fourth-order valence-corrected chi connectivity index (χ4v) is 3.47. The molecular formula is C19H16ClN3O3S. The van der Waals surface area contributed by atoms with Gasteiger partial charge in [0, 0.05) is 16.4 Å². The van der Waals surface area contributed by atoms with Crippen LogP contribution in [0, 0.1) is 13.8 Å². The molecule has 0 spiro atoms. The zero-order valence-corrected chi connectivity index (χ0v) is 16.2. The Hall–Kier alpha value is -2.64. The molecule has 1 aromatic heterocycles. The fraction of sp³-hybridized carbons (Fsp3) is 0.158. The van der Waals surface area contributed by atoms with Crippen LogP contribution >= 0.6 is 23.4 Å². The minimum Gasteiger partial charge on any atom is -0.324 e. The highest BCUT2D eigenvalue weighted by atomic mass is 35.5. The number of rotatable bonds is 4. The Morgan fingerprint density at radius 3 is 2.78 bits per heavy atom. The predicted octanol–water partition coefficient (Wildman–Crippen LogP) is 4.03. The summed E-state index contributed by atoms with van der Waals surface area (Å²) in [5.41, 5.74) is 2.75. The molecule has 1 aliphatic heterocycles. The van der Waals surface area contributed by atoms with Crippen LogP contribution in [-0.2, 0) is 9.59 Å². The van der Waals surface area contributed by atoms with Crippen LogP contribution in [0.1, 0.15) is 17.0 Å². The van der Waals surface area contributed by atoms with Crippen LogP contribution in [0.4, 0.5) is 10.5 Å². The van der Waals surface area contributed by atoms with Crippen LogP contribution in [0.15, 0.2) is 41.3 Å². The Morgan fingerprint density at radius 1 is 1.26 bits per heavy atom. The number of nitrogens with one attached hydrogen (secondary N) is 1. The van der Waals surface area contributed by atoms with Crippen molar-refractivity contribution in [3.8, 4) is 0 Å².